The lowest BCUT2D eigenvalue weighted by atomic mass is 9.92. The normalized spacial score (nSPS) is 18.5. The SMILES string of the molecule is Cn1ncc2c1CCCC2NC(=O)CC(N)c1ccccc1. The molecule has 1 aromatic heterocycles. The smallest absolute Gasteiger partial charge is 0.222 e. The molecule has 2 aromatic rings. The van der Waals surface area contributed by atoms with Gasteiger partial charge in [0, 0.05) is 30.8 Å². The molecular weight excluding hydrogens is 276 g/mol. The lowest BCUT2D eigenvalue weighted by Crippen LogP contribution is -2.33. The molecule has 0 bridgehead atoms. The molecule has 3 rings (SSSR count). The molecule has 0 saturated heterocycles. The highest BCUT2D eigenvalue weighted by Gasteiger charge is 2.25. The van der Waals surface area contributed by atoms with Gasteiger partial charge in [-0.3, -0.25) is 9.48 Å². The molecule has 116 valence electrons. The zero-order valence-electron chi connectivity index (χ0n) is 12.8. The number of rotatable bonds is 4. The van der Waals surface area contributed by atoms with E-state index in [9.17, 15) is 4.79 Å². The number of aromatic nitrogens is 2. The van der Waals surface area contributed by atoms with Crippen molar-refractivity contribution < 1.29 is 4.79 Å². The van der Waals surface area contributed by atoms with Crippen LogP contribution >= 0.6 is 0 Å². The molecule has 0 radical (unpaired) electrons. The Bertz CT molecular complexity index is 650. The summed E-state index contributed by atoms with van der Waals surface area (Å²) in [6, 6.07) is 9.54. The van der Waals surface area contributed by atoms with Gasteiger partial charge in [-0.15, -0.1) is 0 Å². The van der Waals surface area contributed by atoms with Crippen LogP contribution in [0.25, 0.3) is 0 Å². The number of hydrogen-bond donors (Lipinski definition) is 2. The number of nitrogens with two attached hydrogens (primary N) is 1. The zero-order valence-corrected chi connectivity index (χ0v) is 12.8. The van der Waals surface area contributed by atoms with Gasteiger partial charge < -0.3 is 11.1 Å². The minimum Gasteiger partial charge on any atom is -0.349 e. The molecule has 5 nitrogen and oxygen atoms in total. The summed E-state index contributed by atoms with van der Waals surface area (Å²) in [5.74, 6) is -0.00180. The molecule has 2 atom stereocenters. The fourth-order valence-electron chi connectivity index (χ4n) is 3.13. The van der Waals surface area contributed by atoms with Crippen LogP contribution in [0.2, 0.25) is 0 Å². The first-order valence-electron chi connectivity index (χ1n) is 7.76. The van der Waals surface area contributed by atoms with E-state index in [1.54, 1.807) is 0 Å². The number of carbonyl (C=O) groups excluding carboxylic acids is 1. The topological polar surface area (TPSA) is 72.9 Å². The van der Waals surface area contributed by atoms with Crippen LogP contribution in [0.3, 0.4) is 0 Å². The third kappa shape index (κ3) is 3.04. The van der Waals surface area contributed by atoms with Gasteiger partial charge in [-0.1, -0.05) is 30.3 Å². The summed E-state index contributed by atoms with van der Waals surface area (Å²) in [6.45, 7) is 0. The Morgan fingerprint density at radius 3 is 3.00 bits per heavy atom. The molecule has 0 fully saturated rings. The third-order valence-electron chi connectivity index (χ3n) is 4.34. The number of amides is 1. The van der Waals surface area contributed by atoms with Gasteiger partial charge in [0.05, 0.1) is 12.2 Å². The van der Waals surface area contributed by atoms with Crippen LogP contribution in [0, 0.1) is 0 Å². The van der Waals surface area contributed by atoms with E-state index in [2.05, 4.69) is 10.4 Å². The summed E-state index contributed by atoms with van der Waals surface area (Å²) in [6.07, 6.45) is 5.24. The third-order valence-corrected chi connectivity index (χ3v) is 4.34. The summed E-state index contributed by atoms with van der Waals surface area (Å²) in [5, 5.41) is 7.42. The molecular formula is C17H22N4O. The van der Waals surface area contributed by atoms with Crippen molar-refractivity contribution in [3.05, 3.63) is 53.3 Å². The van der Waals surface area contributed by atoms with Crippen LogP contribution < -0.4 is 11.1 Å². The maximum Gasteiger partial charge on any atom is 0.222 e. The molecule has 0 aliphatic heterocycles. The molecule has 1 aromatic carbocycles. The van der Waals surface area contributed by atoms with Crippen molar-refractivity contribution in [1.82, 2.24) is 15.1 Å². The van der Waals surface area contributed by atoms with Crippen LogP contribution in [0.15, 0.2) is 36.5 Å². The molecule has 1 heterocycles. The standard InChI is InChI=1S/C17H22N4O/c1-21-16-9-5-8-15(13(16)11-19-21)20-17(22)10-14(18)12-6-3-2-4-7-12/h2-4,6-7,11,14-15H,5,8-10,18H2,1H3,(H,20,22). The van der Waals surface area contributed by atoms with Gasteiger partial charge >= 0.3 is 0 Å². The van der Waals surface area contributed by atoms with Crippen LogP contribution in [0.5, 0.6) is 0 Å². The average Bonchev–Trinajstić information content (AvgIpc) is 2.91. The van der Waals surface area contributed by atoms with Crippen LogP contribution in [-0.2, 0) is 18.3 Å². The van der Waals surface area contributed by atoms with Crippen molar-refractivity contribution in [2.75, 3.05) is 0 Å². The molecule has 22 heavy (non-hydrogen) atoms. The molecule has 1 amide bonds. The van der Waals surface area contributed by atoms with Crippen molar-refractivity contribution in [2.45, 2.75) is 37.8 Å². The predicted molar refractivity (Wildman–Crippen MR) is 85.0 cm³/mol. The highest BCUT2D eigenvalue weighted by atomic mass is 16.1. The molecule has 5 heteroatoms. The number of carbonyl (C=O) groups is 1. The van der Waals surface area contributed by atoms with Gasteiger partial charge in [0.15, 0.2) is 0 Å². The van der Waals surface area contributed by atoms with Gasteiger partial charge in [-0.25, -0.2) is 0 Å². The average molecular weight is 298 g/mol. The van der Waals surface area contributed by atoms with Gasteiger partial charge in [-0.2, -0.15) is 5.10 Å². The highest BCUT2D eigenvalue weighted by molar-refractivity contribution is 5.77. The van der Waals surface area contributed by atoms with Crippen molar-refractivity contribution in [2.24, 2.45) is 12.8 Å². The van der Waals surface area contributed by atoms with Crippen molar-refractivity contribution in [3.63, 3.8) is 0 Å². The van der Waals surface area contributed by atoms with Crippen molar-refractivity contribution in [3.8, 4) is 0 Å². The molecule has 1 aliphatic rings. The Labute approximate surface area is 130 Å². The summed E-state index contributed by atoms with van der Waals surface area (Å²) in [7, 11) is 1.95. The first-order valence-corrected chi connectivity index (χ1v) is 7.76. The van der Waals surface area contributed by atoms with E-state index >= 15 is 0 Å². The van der Waals surface area contributed by atoms with Crippen molar-refractivity contribution >= 4 is 5.91 Å². The van der Waals surface area contributed by atoms with E-state index in [0.29, 0.717) is 6.42 Å². The van der Waals surface area contributed by atoms with E-state index in [4.69, 9.17) is 5.73 Å². The quantitative estimate of drug-likeness (QED) is 0.907. The second-order valence-corrected chi connectivity index (χ2v) is 5.90. The number of fused-ring (bicyclic) bond motifs is 1. The Kier molecular flexibility index (Phi) is 4.24. The van der Waals surface area contributed by atoms with Crippen LogP contribution in [0.1, 0.15) is 48.2 Å². The second kappa shape index (κ2) is 6.32. The van der Waals surface area contributed by atoms with Crippen molar-refractivity contribution in [1.29, 1.82) is 0 Å². The van der Waals surface area contributed by atoms with E-state index < -0.39 is 0 Å². The Morgan fingerprint density at radius 1 is 1.45 bits per heavy atom. The fraction of sp³-hybridized carbons (Fsp3) is 0.412. The Balaban J connectivity index is 1.63. The molecule has 3 N–H and O–H groups in total. The zero-order chi connectivity index (χ0) is 15.5. The first kappa shape index (κ1) is 14.8. The van der Waals surface area contributed by atoms with Gasteiger partial charge in [-0.05, 0) is 24.8 Å². The highest BCUT2D eigenvalue weighted by Crippen LogP contribution is 2.29. The lowest BCUT2D eigenvalue weighted by molar-refractivity contribution is -0.122. The van der Waals surface area contributed by atoms with Gasteiger partial charge in [0.25, 0.3) is 0 Å². The summed E-state index contributed by atoms with van der Waals surface area (Å²) >= 11 is 0. The predicted octanol–water partition coefficient (Wildman–Crippen LogP) is 2.00. The number of nitrogens with one attached hydrogen (secondary N) is 1. The number of benzene rings is 1. The first-order chi connectivity index (χ1) is 10.6. The number of hydrogen-bond acceptors (Lipinski definition) is 3. The Hall–Kier alpha value is -2.14. The summed E-state index contributed by atoms with van der Waals surface area (Å²) in [5.41, 5.74) is 9.49. The van der Waals surface area contributed by atoms with Crippen LogP contribution in [-0.4, -0.2) is 15.7 Å². The van der Waals surface area contributed by atoms with Gasteiger partial charge in [0.1, 0.15) is 0 Å². The fourth-order valence-corrected chi connectivity index (χ4v) is 3.13. The van der Waals surface area contributed by atoms with Gasteiger partial charge in [0.2, 0.25) is 5.91 Å². The lowest BCUT2D eigenvalue weighted by Gasteiger charge is -2.24. The maximum absolute atomic E-state index is 12.3. The number of aryl methyl sites for hydroxylation is 1. The van der Waals surface area contributed by atoms with E-state index in [-0.39, 0.29) is 18.0 Å². The summed E-state index contributed by atoms with van der Waals surface area (Å²) in [4.78, 5) is 12.3. The monoisotopic (exact) mass is 298 g/mol. The number of nitrogens with zero attached hydrogens (tertiary/aromatic N) is 2. The molecule has 0 saturated carbocycles. The summed E-state index contributed by atoms with van der Waals surface area (Å²) < 4.78 is 1.91. The Morgan fingerprint density at radius 2 is 2.23 bits per heavy atom. The van der Waals surface area contributed by atoms with E-state index in [1.165, 1.54) is 5.69 Å². The van der Waals surface area contributed by atoms with E-state index in [1.807, 2.05) is 48.3 Å². The molecule has 1 aliphatic carbocycles. The largest absolute Gasteiger partial charge is 0.349 e. The van der Waals surface area contributed by atoms with E-state index in [0.717, 1.165) is 30.4 Å². The minimum absolute atomic E-state index is 0.00180. The molecule has 0 spiro atoms. The maximum atomic E-state index is 12.3. The molecule has 2 unspecified atom stereocenters. The minimum atomic E-state index is -0.266. The van der Waals surface area contributed by atoms with Crippen LogP contribution in [0.4, 0.5) is 0 Å². The second-order valence-electron chi connectivity index (χ2n) is 5.90.